The van der Waals surface area contributed by atoms with Gasteiger partial charge in [0.05, 0.1) is 4.92 Å². The number of hydrogen-bond acceptors (Lipinski definition) is 6. The summed E-state index contributed by atoms with van der Waals surface area (Å²) in [6.07, 6.45) is 2.06. The molecule has 0 aromatic heterocycles. The summed E-state index contributed by atoms with van der Waals surface area (Å²) in [6, 6.07) is 12.5. The molecule has 1 fully saturated rings. The predicted octanol–water partition coefficient (Wildman–Crippen LogP) is 2.42. The smallest absolute Gasteiger partial charge is 0.326 e. The number of rotatable bonds is 5. The zero-order valence-electron chi connectivity index (χ0n) is 16.0. The van der Waals surface area contributed by atoms with Crippen LogP contribution in [0.5, 0.6) is 0 Å². The van der Waals surface area contributed by atoms with Gasteiger partial charge in [0.1, 0.15) is 18.7 Å². The zero-order valence-corrected chi connectivity index (χ0v) is 16.0. The molecule has 30 heavy (non-hydrogen) atoms. The molecule has 1 aliphatic heterocycles. The third-order valence-corrected chi connectivity index (χ3v) is 5.48. The molecule has 2 aromatic carbocycles. The number of fused-ring (bicyclic) bond motifs is 2. The van der Waals surface area contributed by atoms with Gasteiger partial charge in [-0.2, -0.15) is 0 Å². The van der Waals surface area contributed by atoms with Crippen LogP contribution in [-0.4, -0.2) is 34.3 Å². The van der Waals surface area contributed by atoms with E-state index in [-0.39, 0.29) is 12.3 Å². The lowest BCUT2D eigenvalue weighted by Gasteiger charge is -2.33. The van der Waals surface area contributed by atoms with Crippen LogP contribution in [0.4, 0.5) is 10.5 Å². The van der Waals surface area contributed by atoms with Crippen LogP contribution in [0, 0.1) is 10.1 Å². The quantitative estimate of drug-likeness (QED) is 0.351. The van der Waals surface area contributed by atoms with Crippen LogP contribution >= 0.6 is 0 Å². The van der Waals surface area contributed by atoms with Gasteiger partial charge >= 0.3 is 12.0 Å². The van der Waals surface area contributed by atoms with Gasteiger partial charge in [0.25, 0.3) is 11.6 Å². The molecule has 1 spiro atoms. The van der Waals surface area contributed by atoms with E-state index in [4.69, 9.17) is 4.74 Å². The van der Waals surface area contributed by atoms with Gasteiger partial charge in [0, 0.05) is 12.1 Å². The summed E-state index contributed by atoms with van der Waals surface area (Å²) >= 11 is 0. The number of amides is 3. The van der Waals surface area contributed by atoms with E-state index >= 15 is 0 Å². The molecule has 0 radical (unpaired) electrons. The monoisotopic (exact) mass is 409 g/mol. The second kappa shape index (κ2) is 7.58. The number of hydrogen-bond donors (Lipinski definition) is 1. The van der Waals surface area contributed by atoms with Crippen LogP contribution in [0.3, 0.4) is 0 Å². The number of nitrogens with one attached hydrogen (secondary N) is 1. The van der Waals surface area contributed by atoms with E-state index in [1.54, 1.807) is 0 Å². The maximum atomic E-state index is 13.1. The van der Waals surface area contributed by atoms with Crippen molar-refractivity contribution in [2.45, 2.75) is 31.4 Å². The Balaban J connectivity index is 1.43. The van der Waals surface area contributed by atoms with E-state index in [1.807, 2.05) is 24.3 Å². The molecular weight excluding hydrogens is 390 g/mol. The molecule has 154 valence electrons. The van der Waals surface area contributed by atoms with Crippen molar-refractivity contribution < 1.29 is 24.0 Å². The molecule has 1 N–H and O–H groups in total. The van der Waals surface area contributed by atoms with Gasteiger partial charge < -0.3 is 10.1 Å². The number of esters is 1. The first kappa shape index (κ1) is 19.6. The summed E-state index contributed by atoms with van der Waals surface area (Å²) in [4.78, 5) is 48.9. The lowest BCUT2D eigenvalue weighted by atomic mass is 9.76. The number of nitro groups is 1. The Morgan fingerprint density at radius 2 is 1.90 bits per heavy atom. The minimum Gasteiger partial charge on any atom is -0.459 e. The number of aryl methyl sites for hydroxylation is 1. The third-order valence-electron chi connectivity index (χ3n) is 5.48. The number of non-ortho nitro benzene ring substituents is 1. The molecule has 9 nitrogen and oxygen atoms in total. The van der Waals surface area contributed by atoms with E-state index in [1.165, 1.54) is 24.3 Å². The predicted molar refractivity (Wildman–Crippen MR) is 104 cm³/mol. The van der Waals surface area contributed by atoms with Crippen LogP contribution in [0.2, 0.25) is 0 Å². The molecule has 1 atom stereocenters. The number of urea groups is 1. The number of imide groups is 1. The van der Waals surface area contributed by atoms with Crippen LogP contribution < -0.4 is 5.32 Å². The highest BCUT2D eigenvalue weighted by Gasteiger charge is 2.54. The summed E-state index contributed by atoms with van der Waals surface area (Å²) in [5.41, 5.74) is 1.15. The Hall–Kier alpha value is -3.75. The van der Waals surface area contributed by atoms with Gasteiger partial charge in [-0.15, -0.1) is 0 Å². The molecule has 0 bridgehead atoms. The number of benzene rings is 2. The number of carbonyl (C=O) groups excluding carboxylic acids is 3. The molecule has 1 aliphatic carbocycles. The average Bonchev–Trinajstić information content (AvgIpc) is 2.97. The Bertz CT molecular complexity index is 1040. The van der Waals surface area contributed by atoms with Gasteiger partial charge in [-0.1, -0.05) is 24.3 Å². The van der Waals surface area contributed by atoms with E-state index in [2.05, 4.69) is 5.32 Å². The average molecular weight is 409 g/mol. The first-order valence-corrected chi connectivity index (χ1v) is 9.52. The van der Waals surface area contributed by atoms with Gasteiger partial charge in [-0.3, -0.25) is 24.6 Å². The first-order chi connectivity index (χ1) is 14.4. The third kappa shape index (κ3) is 3.38. The SMILES string of the molecule is O=C(CN1C(=O)N[C@]2(CCCc3ccccc32)C1=O)OCc1ccc([N+](=O)[O-])cc1. The van der Waals surface area contributed by atoms with Crippen molar-refractivity contribution in [3.8, 4) is 0 Å². The van der Waals surface area contributed by atoms with Crippen molar-refractivity contribution in [2.24, 2.45) is 0 Å². The summed E-state index contributed by atoms with van der Waals surface area (Å²) in [6.45, 7) is -0.615. The second-order valence-electron chi connectivity index (χ2n) is 7.32. The molecular formula is C21H19N3O6. The Morgan fingerprint density at radius 1 is 1.17 bits per heavy atom. The number of nitro benzene ring substituents is 1. The number of carbonyl (C=O) groups is 3. The summed E-state index contributed by atoms with van der Waals surface area (Å²) in [5.74, 6) is -1.19. The maximum absolute atomic E-state index is 13.1. The van der Waals surface area contributed by atoms with Gasteiger partial charge in [-0.25, -0.2) is 4.79 Å². The van der Waals surface area contributed by atoms with Crippen molar-refractivity contribution in [1.29, 1.82) is 0 Å². The molecule has 1 saturated heterocycles. The zero-order chi connectivity index (χ0) is 21.3. The molecule has 2 aliphatic rings. The largest absolute Gasteiger partial charge is 0.459 e. The van der Waals surface area contributed by atoms with Crippen molar-refractivity contribution >= 4 is 23.6 Å². The highest BCUT2D eigenvalue weighted by molar-refractivity contribution is 6.09. The minimum atomic E-state index is -1.13. The standard InChI is InChI=1S/C21H19N3O6/c25-18(30-13-14-7-9-16(10-8-14)24(28)29)12-23-19(26)21(22-20(23)27)11-3-5-15-4-1-2-6-17(15)21/h1-2,4,6-10H,3,5,11-13H2,(H,22,27)/t21-/m0/s1. The Labute approximate surface area is 171 Å². The van der Waals surface area contributed by atoms with Crippen LogP contribution in [-0.2, 0) is 32.9 Å². The fourth-order valence-corrected chi connectivity index (χ4v) is 4.01. The van der Waals surface area contributed by atoms with Crippen molar-refractivity contribution in [2.75, 3.05) is 6.54 Å². The van der Waals surface area contributed by atoms with E-state index in [0.29, 0.717) is 12.0 Å². The highest BCUT2D eigenvalue weighted by Crippen LogP contribution is 2.39. The fourth-order valence-electron chi connectivity index (χ4n) is 4.01. The summed E-state index contributed by atoms with van der Waals surface area (Å²) < 4.78 is 5.15. The number of nitrogens with zero attached hydrogens (tertiary/aromatic N) is 2. The molecule has 2 aromatic rings. The lowest BCUT2D eigenvalue weighted by Crippen LogP contribution is -2.46. The van der Waals surface area contributed by atoms with Crippen molar-refractivity contribution in [3.05, 3.63) is 75.3 Å². The van der Waals surface area contributed by atoms with Gasteiger partial charge in [0.15, 0.2) is 0 Å². The minimum absolute atomic E-state index is 0.0672. The molecule has 1 heterocycles. The van der Waals surface area contributed by atoms with Crippen LogP contribution in [0.1, 0.15) is 29.5 Å². The lowest BCUT2D eigenvalue weighted by molar-refractivity contribution is -0.384. The molecule has 9 heteroatoms. The van der Waals surface area contributed by atoms with Crippen molar-refractivity contribution in [3.63, 3.8) is 0 Å². The molecule has 3 amide bonds. The van der Waals surface area contributed by atoms with E-state index < -0.39 is 34.9 Å². The van der Waals surface area contributed by atoms with Crippen molar-refractivity contribution in [1.82, 2.24) is 10.2 Å². The number of ether oxygens (including phenoxy) is 1. The van der Waals surface area contributed by atoms with E-state index in [9.17, 15) is 24.5 Å². The topological polar surface area (TPSA) is 119 Å². The van der Waals surface area contributed by atoms with Crippen LogP contribution in [0.15, 0.2) is 48.5 Å². The molecule has 0 unspecified atom stereocenters. The van der Waals surface area contributed by atoms with Gasteiger partial charge in [0.2, 0.25) is 0 Å². The summed E-state index contributed by atoms with van der Waals surface area (Å²) in [5, 5.41) is 13.5. The molecule has 4 rings (SSSR count). The Morgan fingerprint density at radius 3 is 2.63 bits per heavy atom. The first-order valence-electron chi connectivity index (χ1n) is 9.52. The highest BCUT2D eigenvalue weighted by atomic mass is 16.6. The van der Waals surface area contributed by atoms with Crippen LogP contribution in [0.25, 0.3) is 0 Å². The summed E-state index contributed by atoms with van der Waals surface area (Å²) in [7, 11) is 0. The normalized spacial score (nSPS) is 20.1. The van der Waals surface area contributed by atoms with E-state index in [0.717, 1.165) is 28.9 Å². The Kier molecular flexibility index (Phi) is 4.94. The second-order valence-corrected chi connectivity index (χ2v) is 7.32. The van der Waals surface area contributed by atoms with Gasteiger partial charge in [-0.05, 0) is 48.1 Å². The molecule has 0 saturated carbocycles. The maximum Gasteiger partial charge on any atom is 0.326 e. The fraction of sp³-hybridized carbons (Fsp3) is 0.286.